The molecule has 1 aliphatic heterocycles. The molecule has 0 aliphatic carbocycles. The summed E-state index contributed by atoms with van der Waals surface area (Å²) < 4.78 is 10.8. The molecule has 0 aromatic heterocycles. The first-order valence-electron chi connectivity index (χ1n) is 7.57. The summed E-state index contributed by atoms with van der Waals surface area (Å²) in [5.41, 5.74) is 1.02. The number of esters is 1. The van der Waals surface area contributed by atoms with Crippen molar-refractivity contribution in [2.75, 3.05) is 7.11 Å². The highest BCUT2D eigenvalue weighted by Gasteiger charge is 2.40. The van der Waals surface area contributed by atoms with E-state index in [0.29, 0.717) is 23.4 Å². The summed E-state index contributed by atoms with van der Waals surface area (Å²) in [6.45, 7) is 7.58. The number of methoxy groups -OCH3 is 1. The van der Waals surface area contributed by atoms with E-state index in [1.807, 2.05) is 32.0 Å². The molecule has 1 saturated heterocycles. The van der Waals surface area contributed by atoms with Crippen LogP contribution in [0.1, 0.15) is 31.9 Å². The number of hydrogen-bond donors (Lipinski definition) is 2. The number of carbonyl (C=O) groups excluding carboxylic acids is 2. The fourth-order valence-electron chi connectivity index (χ4n) is 2.50. The summed E-state index contributed by atoms with van der Waals surface area (Å²) in [7, 11) is 1.54. The maximum absolute atomic E-state index is 12.6. The van der Waals surface area contributed by atoms with Gasteiger partial charge in [0.15, 0.2) is 0 Å². The number of carbonyl (C=O) groups is 2. The number of benzene rings is 1. The molecular formula is C17H22N2O4. The SMILES string of the molecule is C=C1NC(=O)NC(c2ccccc2OC)C1C(=O)OC(C)CC. The molecule has 3 unspecified atom stereocenters. The van der Waals surface area contributed by atoms with E-state index in [2.05, 4.69) is 17.2 Å². The number of nitrogens with one attached hydrogen (secondary N) is 2. The lowest BCUT2D eigenvalue weighted by atomic mass is 9.88. The quantitative estimate of drug-likeness (QED) is 0.818. The Balaban J connectivity index is 2.37. The maximum atomic E-state index is 12.6. The molecule has 6 heteroatoms. The summed E-state index contributed by atoms with van der Waals surface area (Å²) in [5.74, 6) is -0.556. The van der Waals surface area contributed by atoms with Gasteiger partial charge in [-0.25, -0.2) is 4.79 Å². The van der Waals surface area contributed by atoms with Gasteiger partial charge in [-0.3, -0.25) is 4.79 Å². The van der Waals surface area contributed by atoms with Gasteiger partial charge in [0.1, 0.15) is 11.7 Å². The van der Waals surface area contributed by atoms with E-state index in [0.717, 1.165) is 0 Å². The normalized spacial score (nSPS) is 21.9. The van der Waals surface area contributed by atoms with Gasteiger partial charge in [0.2, 0.25) is 0 Å². The standard InChI is InChI=1S/C17H22N2O4/c1-5-10(2)23-16(20)14-11(3)18-17(21)19-15(14)12-8-6-7-9-13(12)22-4/h6-10,14-15H,3,5H2,1-2,4H3,(H2,18,19,21). The highest BCUT2D eigenvalue weighted by Crippen LogP contribution is 2.35. The fourth-order valence-corrected chi connectivity index (χ4v) is 2.50. The number of rotatable bonds is 5. The molecule has 1 aromatic carbocycles. The van der Waals surface area contributed by atoms with Crippen LogP contribution in [0, 0.1) is 5.92 Å². The van der Waals surface area contributed by atoms with Crippen LogP contribution < -0.4 is 15.4 Å². The second-order valence-corrected chi connectivity index (χ2v) is 5.48. The zero-order valence-electron chi connectivity index (χ0n) is 13.6. The van der Waals surface area contributed by atoms with Crippen LogP contribution >= 0.6 is 0 Å². The lowest BCUT2D eigenvalue weighted by Crippen LogP contribution is -2.51. The minimum atomic E-state index is -0.724. The van der Waals surface area contributed by atoms with Crippen molar-refractivity contribution in [3.05, 3.63) is 42.1 Å². The zero-order valence-corrected chi connectivity index (χ0v) is 13.6. The van der Waals surface area contributed by atoms with Crippen molar-refractivity contribution in [3.63, 3.8) is 0 Å². The predicted molar refractivity (Wildman–Crippen MR) is 85.9 cm³/mol. The molecule has 2 N–H and O–H groups in total. The Morgan fingerprint density at radius 3 is 2.74 bits per heavy atom. The van der Waals surface area contributed by atoms with E-state index >= 15 is 0 Å². The summed E-state index contributed by atoms with van der Waals surface area (Å²) in [6.07, 6.45) is 0.510. The van der Waals surface area contributed by atoms with Crippen molar-refractivity contribution in [2.45, 2.75) is 32.4 Å². The summed E-state index contributed by atoms with van der Waals surface area (Å²) >= 11 is 0. The first kappa shape index (κ1) is 16.9. The highest BCUT2D eigenvalue weighted by molar-refractivity contribution is 5.85. The molecular weight excluding hydrogens is 296 g/mol. The molecule has 6 nitrogen and oxygen atoms in total. The Kier molecular flexibility index (Phi) is 5.26. The van der Waals surface area contributed by atoms with Crippen LogP contribution in [0.25, 0.3) is 0 Å². The number of para-hydroxylation sites is 1. The molecule has 0 radical (unpaired) electrons. The van der Waals surface area contributed by atoms with Crippen molar-refractivity contribution < 1.29 is 19.1 Å². The van der Waals surface area contributed by atoms with Crippen LogP contribution in [-0.4, -0.2) is 25.2 Å². The zero-order chi connectivity index (χ0) is 17.0. The lowest BCUT2D eigenvalue weighted by Gasteiger charge is -2.34. The summed E-state index contributed by atoms with van der Waals surface area (Å²) in [5, 5.41) is 5.32. The maximum Gasteiger partial charge on any atom is 0.319 e. The molecule has 23 heavy (non-hydrogen) atoms. The summed E-state index contributed by atoms with van der Waals surface area (Å²) in [4.78, 5) is 24.4. The van der Waals surface area contributed by atoms with E-state index in [-0.39, 0.29) is 6.10 Å². The van der Waals surface area contributed by atoms with Gasteiger partial charge >= 0.3 is 12.0 Å². The predicted octanol–water partition coefficient (Wildman–Crippen LogP) is 2.52. The van der Waals surface area contributed by atoms with Crippen LogP contribution in [0.15, 0.2) is 36.5 Å². The second kappa shape index (κ2) is 7.17. The minimum absolute atomic E-state index is 0.203. The van der Waals surface area contributed by atoms with Crippen LogP contribution in [0.5, 0.6) is 5.75 Å². The third-order valence-electron chi connectivity index (χ3n) is 3.89. The monoisotopic (exact) mass is 318 g/mol. The molecule has 0 bridgehead atoms. The highest BCUT2D eigenvalue weighted by atomic mass is 16.5. The summed E-state index contributed by atoms with van der Waals surface area (Å²) in [6, 6.07) is 6.25. The molecule has 1 fully saturated rings. The lowest BCUT2D eigenvalue weighted by molar-refractivity contribution is -0.153. The van der Waals surface area contributed by atoms with Crippen LogP contribution in [0.2, 0.25) is 0 Å². The van der Waals surface area contributed by atoms with E-state index in [1.54, 1.807) is 13.2 Å². The van der Waals surface area contributed by atoms with E-state index in [1.165, 1.54) is 0 Å². The fraction of sp³-hybridized carbons (Fsp3) is 0.412. The Hall–Kier alpha value is -2.50. The topological polar surface area (TPSA) is 76.7 Å². The third kappa shape index (κ3) is 3.64. The molecule has 124 valence electrons. The van der Waals surface area contributed by atoms with Crippen molar-refractivity contribution in [1.82, 2.24) is 10.6 Å². The molecule has 2 rings (SSSR count). The Labute approximate surface area is 135 Å². The van der Waals surface area contributed by atoms with E-state index < -0.39 is 24.0 Å². The van der Waals surface area contributed by atoms with Crippen molar-refractivity contribution in [2.24, 2.45) is 5.92 Å². The number of urea groups is 1. The van der Waals surface area contributed by atoms with Crippen LogP contribution in [-0.2, 0) is 9.53 Å². The smallest absolute Gasteiger partial charge is 0.319 e. The molecule has 0 spiro atoms. The molecule has 1 heterocycles. The first-order valence-corrected chi connectivity index (χ1v) is 7.57. The van der Waals surface area contributed by atoms with Gasteiger partial charge in [0.05, 0.1) is 19.3 Å². The minimum Gasteiger partial charge on any atom is -0.496 e. The molecule has 0 saturated carbocycles. The number of ether oxygens (including phenoxy) is 2. The van der Waals surface area contributed by atoms with Crippen LogP contribution in [0.4, 0.5) is 4.79 Å². The molecule has 1 aliphatic rings. The average molecular weight is 318 g/mol. The van der Waals surface area contributed by atoms with Crippen molar-refractivity contribution in [3.8, 4) is 5.75 Å². The van der Waals surface area contributed by atoms with Gasteiger partial charge in [-0.2, -0.15) is 0 Å². The average Bonchev–Trinajstić information content (AvgIpc) is 2.53. The van der Waals surface area contributed by atoms with Crippen molar-refractivity contribution >= 4 is 12.0 Å². The largest absolute Gasteiger partial charge is 0.496 e. The van der Waals surface area contributed by atoms with Crippen LogP contribution in [0.3, 0.4) is 0 Å². The molecule has 1 aromatic rings. The van der Waals surface area contributed by atoms with Gasteiger partial charge < -0.3 is 20.1 Å². The van der Waals surface area contributed by atoms with E-state index in [9.17, 15) is 9.59 Å². The second-order valence-electron chi connectivity index (χ2n) is 5.48. The van der Waals surface area contributed by atoms with Gasteiger partial charge in [0, 0.05) is 11.3 Å². The Morgan fingerprint density at radius 1 is 1.39 bits per heavy atom. The first-order chi connectivity index (χ1) is 11.0. The molecule has 2 amide bonds. The number of hydrogen-bond acceptors (Lipinski definition) is 4. The van der Waals surface area contributed by atoms with Gasteiger partial charge in [0.25, 0.3) is 0 Å². The van der Waals surface area contributed by atoms with E-state index in [4.69, 9.17) is 9.47 Å². The molecule has 3 atom stereocenters. The Bertz CT molecular complexity index is 614. The van der Waals surface area contributed by atoms with Gasteiger partial charge in [-0.1, -0.05) is 31.7 Å². The third-order valence-corrected chi connectivity index (χ3v) is 3.89. The number of amides is 2. The Morgan fingerprint density at radius 2 is 2.09 bits per heavy atom. The van der Waals surface area contributed by atoms with Crippen molar-refractivity contribution in [1.29, 1.82) is 0 Å². The van der Waals surface area contributed by atoms with Gasteiger partial charge in [-0.05, 0) is 19.4 Å². The van der Waals surface area contributed by atoms with Gasteiger partial charge in [-0.15, -0.1) is 0 Å².